The smallest absolute Gasteiger partial charge is 0.277 e. The summed E-state index contributed by atoms with van der Waals surface area (Å²) in [4.78, 5) is 11.7. The highest BCUT2D eigenvalue weighted by atomic mass is 16.5. The number of aryl methyl sites for hydroxylation is 1. The Morgan fingerprint density at radius 3 is 2.54 bits per heavy atom. The van der Waals surface area contributed by atoms with Gasteiger partial charge >= 0.3 is 0 Å². The van der Waals surface area contributed by atoms with Crippen molar-refractivity contribution in [2.45, 2.75) is 26.8 Å². The Morgan fingerprint density at radius 2 is 1.96 bits per heavy atom. The molecule has 2 aromatic rings. The maximum Gasteiger partial charge on any atom is 0.277 e. The van der Waals surface area contributed by atoms with Gasteiger partial charge in [-0.1, -0.05) is 0 Å². The van der Waals surface area contributed by atoms with Crippen LogP contribution in [0.5, 0.6) is 11.5 Å². The van der Waals surface area contributed by atoms with Gasteiger partial charge in [0.25, 0.3) is 5.91 Å². The summed E-state index contributed by atoms with van der Waals surface area (Å²) < 4.78 is 12.6. The van der Waals surface area contributed by atoms with E-state index in [-0.39, 0.29) is 12.5 Å². The van der Waals surface area contributed by atoms with Gasteiger partial charge in [-0.25, -0.2) is 5.43 Å². The number of nitrogens with zero attached hydrogens (tertiary/aromatic N) is 2. The standard InChI is InChI=1S/C18H23N3O3/c1-13(2)21-11-15(9-14(21)3)10-19-20-18(22)12-24-17-7-5-16(23-4)6-8-17/h5-11,13H,12H2,1-4H3,(H,20,22)/b19-10+. The number of nitrogens with one attached hydrogen (secondary N) is 1. The van der Waals surface area contributed by atoms with Gasteiger partial charge < -0.3 is 14.0 Å². The lowest BCUT2D eigenvalue weighted by Gasteiger charge is -2.08. The van der Waals surface area contributed by atoms with E-state index >= 15 is 0 Å². The van der Waals surface area contributed by atoms with Crippen LogP contribution >= 0.6 is 0 Å². The van der Waals surface area contributed by atoms with Crippen LogP contribution in [0, 0.1) is 6.92 Å². The van der Waals surface area contributed by atoms with Crippen LogP contribution in [-0.2, 0) is 4.79 Å². The third-order valence-electron chi connectivity index (χ3n) is 3.46. The van der Waals surface area contributed by atoms with E-state index in [1.165, 1.54) is 0 Å². The van der Waals surface area contributed by atoms with E-state index in [1.807, 2.05) is 19.2 Å². The van der Waals surface area contributed by atoms with Crippen molar-refractivity contribution in [3.05, 3.63) is 47.8 Å². The lowest BCUT2D eigenvalue weighted by Crippen LogP contribution is -2.24. The first-order chi connectivity index (χ1) is 11.5. The number of hydrogen-bond donors (Lipinski definition) is 1. The van der Waals surface area contributed by atoms with Crippen molar-refractivity contribution in [1.29, 1.82) is 0 Å². The molecule has 0 unspecified atom stereocenters. The van der Waals surface area contributed by atoms with Gasteiger partial charge in [0.2, 0.25) is 0 Å². The number of hydrazone groups is 1. The minimum Gasteiger partial charge on any atom is -0.497 e. The zero-order chi connectivity index (χ0) is 17.5. The van der Waals surface area contributed by atoms with E-state index in [2.05, 4.69) is 28.9 Å². The summed E-state index contributed by atoms with van der Waals surface area (Å²) in [6.07, 6.45) is 3.63. The summed E-state index contributed by atoms with van der Waals surface area (Å²) in [5, 5.41) is 3.96. The van der Waals surface area contributed by atoms with E-state index in [1.54, 1.807) is 37.6 Å². The Kier molecular flexibility index (Phi) is 6.01. The molecule has 1 N–H and O–H groups in total. The molecule has 0 bridgehead atoms. The van der Waals surface area contributed by atoms with E-state index < -0.39 is 0 Å². The van der Waals surface area contributed by atoms with Gasteiger partial charge in [0, 0.05) is 23.5 Å². The van der Waals surface area contributed by atoms with Crippen molar-refractivity contribution < 1.29 is 14.3 Å². The average molecular weight is 329 g/mol. The van der Waals surface area contributed by atoms with E-state index in [9.17, 15) is 4.79 Å². The molecule has 128 valence electrons. The Morgan fingerprint density at radius 1 is 1.29 bits per heavy atom. The number of methoxy groups -OCH3 is 1. The Balaban J connectivity index is 1.80. The fourth-order valence-corrected chi connectivity index (χ4v) is 2.27. The zero-order valence-electron chi connectivity index (χ0n) is 14.4. The molecule has 1 aromatic carbocycles. The van der Waals surface area contributed by atoms with Crippen LogP contribution < -0.4 is 14.9 Å². The number of amides is 1. The minimum absolute atomic E-state index is 0.101. The zero-order valence-corrected chi connectivity index (χ0v) is 14.4. The van der Waals surface area contributed by atoms with Gasteiger partial charge in [0.05, 0.1) is 13.3 Å². The van der Waals surface area contributed by atoms with Crippen LogP contribution in [0.4, 0.5) is 0 Å². The highest BCUT2D eigenvalue weighted by Crippen LogP contribution is 2.16. The van der Waals surface area contributed by atoms with Crippen LogP contribution in [0.15, 0.2) is 41.6 Å². The minimum atomic E-state index is -0.318. The molecule has 0 radical (unpaired) electrons. The van der Waals surface area contributed by atoms with Gasteiger partial charge in [0.1, 0.15) is 11.5 Å². The third kappa shape index (κ3) is 4.87. The molecule has 1 aromatic heterocycles. The lowest BCUT2D eigenvalue weighted by molar-refractivity contribution is -0.123. The number of carbonyl (C=O) groups excluding carboxylic acids is 1. The monoisotopic (exact) mass is 329 g/mol. The summed E-state index contributed by atoms with van der Waals surface area (Å²) in [7, 11) is 1.60. The van der Waals surface area contributed by atoms with Crippen molar-refractivity contribution in [2.75, 3.05) is 13.7 Å². The molecular formula is C18H23N3O3. The number of aromatic nitrogens is 1. The average Bonchev–Trinajstić information content (AvgIpc) is 2.94. The van der Waals surface area contributed by atoms with E-state index in [4.69, 9.17) is 9.47 Å². The molecule has 0 saturated heterocycles. The quantitative estimate of drug-likeness (QED) is 0.627. The second-order valence-corrected chi connectivity index (χ2v) is 5.67. The van der Waals surface area contributed by atoms with Crippen LogP contribution in [0.1, 0.15) is 31.1 Å². The van der Waals surface area contributed by atoms with Crippen molar-refractivity contribution in [1.82, 2.24) is 9.99 Å². The summed E-state index contributed by atoms with van der Waals surface area (Å²) >= 11 is 0. The first-order valence-electron chi connectivity index (χ1n) is 7.77. The second kappa shape index (κ2) is 8.19. The number of benzene rings is 1. The number of ether oxygens (including phenoxy) is 2. The van der Waals surface area contributed by atoms with Gasteiger partial charge in [-0.05, 0) is 51.1 Å². The summed E-state index contributed by atoms with van der Waals surface area (Å²) in [6.45, 7) is 6.17. The molecule has 6 heteroatoms. The fraction of sp³-hybridized carbons (Fsp3) is 0.333. The highest BCUT2D eigenvalue weighted by Gasteiger charge is 2.04. The maximum absolute atomic E-state index is 11.7. The fourth-order valence-electron chi connectivity index (χ4n) is 2.27. The van der Waals surface area contributed by atoms with Crippen LogP contribution in [-0.4, -0.2) is 30.4 Å². The molecular weight excluding hydrogens is 306 g/mol. The summed E-state index contributed by atoms with van der Waals surface area (Å²) in [5.41, 5.74) is 4.55. The molecule has 0 aliphatic rings. The Labute approximate surface area is 142 Å². The molecule has 0 aliphatic carbocycles. The summed E-state index contributed by atoms with van der Waals surface area (Å²) in [5.74, 6) is 1.02. The first kappa shape index (κ1) is 17.6. The van der Waals surface area contributed by atoms with Gasteiger partial charge in [-0.2, -0.15) is 5.10 Å². The van der Waals surface area contributed by atoms with E-state index in [0.717, 1.165) is 17.0 Å². The molecule has 0 atom stereocenters. The van der Waals surface area contributed by atoms with Crippen molar-refractivity contribution in [2.24, 2.45) is 5.10 Å². The second-order valence-electron chi connectivity index (χ2n) is 5.67. The number of carbonyl (C=O) groups is 1. The Hall–Kier alpha value is -2.76. The molecule has 2 rings (SSSR count). The van der Waals surface area contributed by atoms with Crippen LogP contribution in [0.3, 0.4) is 0 Å². The molecule has 0 aliphatic heterocycles. The van der Waals surface area contributed by atoms with Gasteiger partial charge in [-0.3, -0.25) is 4.79 Å². The maximum atomic E-state index is 11.7. The number of rotatable bonds is 7. The van der Waals surface area contributed by atoms with Crippen molar-refractivity contribution in [3.63, 3.8) is 0 Å². The lowest BCUT2D eigenvalue weighted by atomic mass is 10.3. The highest BCUT2D eigenvalue weighted by molar-refractivity contribution is 5.83. The van der Waals surface area contributed by atoms with Crippen LogP contribution in [0.25, 0.3) is 0 Å². The first-order valence-corrected chi connectivity index (χ1v) is 7.77. The van der Waals surface area contributed by atoms with Gasteiger partial charge in [-0.15, -0.1) is 0 Å². The SMILES string of the molecule is COc1ccc(OCC(=O)N/N=C/c2cc(C)n(C(C)C)c2)cc1. The predicted octanol–water partition coefficient (Wildman–Crippen LogP) is 2.92. The van der Waals surface area contributed by atoms with Crippen molar-refractivity contribution in [3.8, 4) is 11.5 Å². The molecule has 0 spiro atoms. The number of hydrogen-bond acceptors (Lipinski definition) is 4. The van der Waals surface area contributed by atoms with Crippen LogP contribution in [0.2, 0.25) is 0 Å². The molecule has 0 fully saturated rings. The Bertz CT molecular complexity index is 703. The van der Waals surface area contributed by atoms with Gasteiger partial charge in [0.15, 0.2) is 6.61 Å². The third-order valence-corrected chi connectivity index (χ3v) is 3.46. The van der Waals surface area contributed by atoms with E-state index in [0.29, 0.717) is 11.8 Å². The largest absolute Gasteiger partial charge is 0.497 e. The predicted molar refractivity (Wildman–Crippen MR) is 93.8 cm³/mol. The summed E-state index contributed by atoms with van der Waals surface area (Å²) in [6, 6.07) is 9.43. The molecule has 24 heavy (non-hydrogen) atoms. The van der Waals surface area contributed by atoms with Crippen molar-refractivity contribution >= 4 is 12.1 Å². The normalized spacial score (nSPS) is 11.0. The topological polar surface area (TPSA) is 64.8 Å². The molecule has 1 heterocycles. The molecule has 0 saturated carbocycles. The molecule has 1 amide bonds. The molecule has 6 nitrogen and oxygen atoms in total.